The van der Waals surface area contributed by atoms with Gasteiger partial charge in [-0.15, -0.1) is 0 Å². The smallest absolute Gasteiger partial charge is 0.251 e. The number of hydrogen-bond donors (Lipinski definition) is 1. The van der Waals surface area contributed by atoms with E-state index in [0.717, 1.165) is 37.9 Å². The van der Waals surface area contributed by atoms with Crippen LogP contribution in [-0.2, 0) is 11.2 Å². The summed E-state index contributed by atoms with van der Waals surface area (Å²) < 4.78 is 0. The van der Waals surface area contributed by atoms with Crippen molar-refractivity contribution in [2.24, 2.45) is 0 Å². The predicted molar refractivity (Wildman–Crippen MR) is 97.6 cm³/mol. The number of carbonyl (C=O) groups is 2. The number of anilines is 1. The highest BCUT2D eigenvalue weighted by Crippen LogP contribution is 2.31. The molecule has 0 aromatic heterocycles. The molecule has 1 fully saturated rings. The third kappa shape index (κ3) is 3.16. The average molecular weight is 334 g/mol. The monoisotopic (exact) mass is 334 g/mol. The molecule has 0 radical (unpaired) electrons. The lowest BCUT2D eigenvalue weighted by Gasteiger charge is -2.26. The molecule has 4 rings (SSSR count). The number of nitrogens with one attached hydrogen (secondary N) is 1. The van der Waals surface area contributed by atoms with Crippen molar-refractivity contribution in [3.63, 3.8) is 0 Å². The molecule has 1 aliphatic carbocycles. The number of rotatable bonds is 3. The highest BCUT2D eigenvalue weighted by molar-refractivity contribution is 5.97. The van der Waals surface area contributed by atoms with E-state index in [4.69, 9.17) is 0 Å². The van der Waals surface area contributed by atoms with E-state index in [1.165, 1.54) is 11.1 Å². The van der Waals surface area contributed by atoms with Crippen molar-refractivity contribution < 1.29 is 9.59 Å². The van der Waals surface area contributed by atoms with E-state index in [1.807, 2.05) is 41.3 Å². The van der Waals surface area contributed by atoms with Crippen molar-refractivity contribution in [3.8, 4) is 0 Å². The number of hydrogen-bond acceptors (Lipinski definition) is 2. The number of carbonyl (C=O) groups excluding carboxylic acids is 2. The number of amides is 2. The molecule has 128 valence electrons. The van der Waals surface area contributed by atoms with Gasteiger partial charge in [-0.2, -0.15) is 0 Å². The van der Waals surface area contributed by atoms with Gasteiger partial charge in [0, 0.05) is 24.2 Å². The second-order valence-corrected chi connectivity index (χ2v) is 6.81. The zero-order chi connectivity index (χ0) is 17.2. The topological polar surface area (TPSA) is 49.4 Å². The maximum Gasteiger partial charge on any atom is 0.251 e. The highest BCUT2D eigenvalue weighted by Gasteiger charge is 2.24. The summed E-state index contributed by atoms with van der Waals surface area (Å²) in [4.78, 5) is 26.4. The van der Waals surface area contributed by atoms with Crippen LogP contribution in [0.25, 0.3) is 0 Å². The van der Waals surface area contributed by atoms with Crippen LogP contribution < -0.4 is 10.2 Å². The first-order valence-electron chi connectivity index (χ1n) is 9.01. The molecule has 4 heteroatoms. The Bertz CT molecular complexity index is 798. The summed E-state index contributed by atoms with van der Waals surface area (Å²) in [5.41, 5.74) is 4.07. The zero-order valence-electron chi connectivity index (χ0n) is 14.2. The van der Waals surface area contributed by atoms with Gasteiger partial charge in [0.2, 0.25) is 5.91 Å². The summed E-state index contributed by atoms with van der Waals surface area (Å²) in [5.74, 6) is 0.115. The quantitative estimate of drug-likeness (QED) is 0.932. The number of benzene rings is 2. The van der Waals surface area contributed by atoms with Crippen LogP contribution in [0.2, 0.25) is 0 Å². The molecule has 1 atom stereocenters. The Balaban J connectivity index is 1.45. The second kappa shape index (κ2) is 6.71. The number of piperidine rings is 1. The third-order valence-corrected chi connectivity index (χ3v) is 5.20. The van der Waals surface area contributed by atoms with Gasteiger partial charge >= 0.3 is 0 Å². The van der Waals surface area contributed by atoms with E-state index in [2.05, 4.69) is 17.4 Å². The van der Waals surface area contributed by atoms with Crippen molar-refractivity contribution in [1.82, 2.24) is 5.32 Å². The largest absolute Gasteiger partial charge is 0.345 e. The predicted octanol–water partition coefficient (Wildman–Crippen LogP) is 3.62. The molecule has 25 heavy (non-hydrogen) atoms. The van der Waals surface area contributed by atoms with E-state index in [0.29, 0.717) is 12.0 Å². The molecule has 1 saturated heterocycles. The molecule has 0 bridgehead atoms. The van der Waals surface area contributed by atoms with Crippen molar-refractivity contribution >= 4 is 17.5 Å². The Morgan fingerprint density at radius 3 is 2.60 bits per heavy atom. The van der Waals surface area contributed by atoms with Crippen LogP contribution in [0.3, 0.4) is 0 Å². The van der Waals surface area contributed by atoms with Gasteiger partial charge in [0.25, 0.3) is 5.91 Å². The molecule has 1 aliphatic heterocycles. The summed E-state index contributed by atoms with van der Waals surface area (Å²) in [5, 5.41) is 3.14. The van der Waals surface area contributed by atoms with E-state index >= 15 is 0 Å². The van der Waals surface area contributed by atoms with Crippen LogP contribution in [-0.4, -0.2) is 18.4 Å². The van der Waals surface area contributed by atoms with Crippen molar-refractivity contribution in [2.75, 3.05) is 11.4 Å². The van der Waals surface area contributed by atoms with Crippen LogP contribution in [0.15, 0.2) is 48.5 Å². The lowest BCUT2D eigenvalue weighted by molar-refractivity contribution is -0.119. The van der Waals surface area contributed by atoms with E-state index in [1.54, 1.807) is 0 Å². The van der Waals surface area contributed by atoms with Crippen molar-refractivity contribution in [1.29, 1.82) is 0 Å². The Hall–Kier alpha value is -2.62. The lowest BCUT2D eigenvalue weighted by atomic mass is 10.1. The Morgan fingerprint density at radius 1 is 1.00 bits per heavy atom. The Morgan fingerprint density at radius 2 is 1.80 bits per heavy atom. The summed E-state index contributed by atoms with van der Waals surface area (Å²) >= 11 is 0. The Kier molecular flexibility index (Phi) is 4.26. The SMILES string of the molecule is O=C(NC1CCc2ccccc21)c1ccc(N2CCCCC2=O)cc1. The first kappa shape index (κ1) is 15.9. The number of aryl methyl sites for hydroxylation is 1. The van der Waals surface area contributed by atoms with E-state index < -0.39 is 0 Å². The van der Waals surface area contributed by atoms with Gasteiger partial charge in [-0.05, 0) is 61.1 Å². The summed E-state index contributed by atoms with van der Waals surface area (Å²) in [7, 11) is 0. The molecule has 2 aromatic rings. The fraction of sp³-hybridized carbons (Fsp3) is 0.333. The van der Waals surface area contributed by atoms with Gasteiger partial charge in [0.1, 0.15) is 0 Å². The lowest BCUT2D eigenvalue weighted by Crippen LogP contribution is -2.35. The van der Waals surface area contributed by atoms with Gasteiger partial charge in [0.05, 0.1) is 6.04 Å². The minimum absolute atomic E-state index is 0.0572. The first-order valence-corrected chi connectivity index (χ1v) is 9.01. The van der Waals surface area contributed by atoms with Gasteiger partial charge in [-0.25, -0.2) is 0 Å². The normalized spacial score (nSPS) is 19.6. The molecule has 2 amide bonds. The van der Waals surface area contributed by atoms with E-state index in [9.17, 15) is 9.59 Å². The molecule has 0 spiro atoms. The molecule has 1 heterocycles. The molecule has 0 saturated carbocycles. The minimum Gasteiger partial charge on any atom is -0.345 e. The number of fused-ring (bicyclic) bond motifs is 1. The fourth-order valence-electron chi connectivity index (χ4n) is 3.82. The molecule has 1 N–H and O–H groups in total. The molecular weight excluding hydrogens is 312 g/mol. The van der Waals surface area contributed by atoms with Crippen LogP contribution in [0, 0.1) is 0 Å². The minimum atomic E-state index is -0.0572. The van der Waals surface area contributed by atoms with Crippen LogP contribution in [0.1, 0.15) is 53.2 Å². The van der Waals surface area contributed by atoms with Gasteiger partial charge in [-0.3, -0.25) is 9.59 Å². The van der Waals surface area contributed by atoms with Gasteiger partial charge < -0.3 is 10.2 Å². The third-order valence-electron chi connectivity index (χ3n) is 5.20. The van der Waals surface area contributed by atoms with Crippen molar-refractivity contribution in [3.05, 3.63) is 65.2 Å². The van der Waals surface area contributed by atoms with Crippen molar-refractivity contribution in [2.45, 2.75) is 38.1 Å². The second-order valence-electron chi connectivity index (χ2n) is 6.81. The summed E-state index contributed by atoms with van der Waals surface area (Å²) in [6, 6.07) is 15.8. The molecule has 2 aliphatic rings. The van der Waals surface area contributed by atoms with E-state index in [-0.39, 0.29) is 17.9 Å². The first-order chi connectivity index (χ1) is 12.2. The van der Waals surface area contributed by atoms with Gasteiger partial charge in [0.15, 0.2) is 0 Å². The maximum absolute atomic E-state index is 12.6. The highest BCUT2D eigenvalue weighted by atomic mass is 16.2. The Labute approximate surface area is 147 Å². The molecular formula is C21H22N2O2. The van der Waals surface area contributed by atoms with Gasteiger partial charge in [-0.1, -0.05) is 24.3 Å². The molecule has 4 nitrogen and oxygen atoms in total. The molecule has 2 aromatic carbocycles. The van der Waals surface area contributed by atoms with Crippen LogP contribution in [0.4, 0.5) is 5.69 Å². The zero-order valence-corrected chi connectivity index (χ0v) is 14.2. The number of nitrogens with zero attached hydrogens (tertiary/aromatic N) is 1. The average Bonchev–Trinajstić information content (AvgIpc) is 3.05. The molecule has 1 unspecified atom stereocenters. The summed E-state index contributed by atoms with van der Waals surface area (Å²) in [6.07, 6.45) is 4.58. The standard InChI is InChI=1S/C21H22N2O2/c24-20-7-3-4-14-23(20)17-11-8-16(9-12-17)21(25)22-19-13-10-15-5-1-2-6-18(15)19/h1-2,5-6,8-9,11-12,19H,3-4,7,10,13-14H2,(H,22,25). The summed E-state index contributed by atoms with van der Waals surface area (Å²) in [6.45, 7) is 0.767. The van der Waals surface area contributed by atoms with Crippen LogP contribution in [0.5, 0.6) is 0 Å². The maximum atomic E-state index is 12.6. The van der Waals surface area contributed by atoms with Crippen LogP contribution >= 0.6 is 0 Å². The fourth-order valence-corrected chi connectivity index (χ4v) is 3.82.